The van der Waals surface area contributed by atoms with Crippen LogP contribution in [0.25, 0.3) is 0 Å². The molecule has 0 saturated carbocycles. The van der Waals surface area contributed by atoms with Gasteiger partial charge in [0, 0.05) is 13.1 Å². The van der Waals surface area contributed by atoms with Gasteiger partial charge in [0.15, 0.2) is 5.76 Å². The highest BCUT2D eigenvalue weighted by Crippen LogP contribution is 2.17. The number of furan rings is 1. The number of nitrogens with zero attached hydrogens (tertiary/aromatic N) is 2. The molecule has 0 atom stereocenters. The SMILES string of the molecule is CCN(Cc1ccccc1)c1ccc(NC(=O)c2ccco2)cn1. The number of benzene rings is 1. The normalized spacial score (nSPS) is 10.4. The molecule has 0 aliphatic rings. The van der Waals surface area contributed by atoms with Crippen LogP contribution >= 0.6 is 0 Å². The van der Waals surface area contributed by atoms with Gasteiger partial charge in [-0.1, -0.05) is 30.3 Å². The Balaban J connectivity index is 1.67. The molecule has 5 heteroatoms. The van der Waals surface area contributed by atoms with Gasteiger partial charge in [-0.25, -0.2) is 4.98 Å². The van der Waals surface area contributed by atoms with Gasteiger partial charge < -0.3 is 14.6 Å². The van der Waals surface area contributed by atoms with E-state index in [9.17, 15) is 4.79 Å². The Kier molecular flexibility index (Phi) is 4.91. The van der Waals surface area contributed by atoms with E-state index in [2.05, 4.69) is 34.3 Å². The molecule has 0 bridgehead atoms. The van der Waals surface area contributed by atoms with E-state index < -0.39 is 0 Å². The van der Waals surface area contributed by atoms with Crippen molar-refractivity contribution in [3.05, 3.63) is 78.4 Å². The maximum atomic E-state index is 11.9. The number of carbonyl (C=O) groups is 1. The van der Waals surface area contributed by atoms with E-state index in [-0.39, 0.29) is 11.7 Å². The van der Waals surface area contributed by atoms with E-state index in [1.54, 1.807) is 18.3 Å². The quantitative estimate of drug-likeness (QED) is 0.747. The van der Waals surface area contributed by atoms with E-state index in [1.165, 1.54) is 11.8 Å². The second-order valence-corrected chi connectivity index (χ2v) is 5.34. The third-order valence-electron chi connectivity index (χ3n) is 3.67. The number of anilines is 2. The zero-order valence-corrected chi connectivity index (χ0v) is 13.5. The van der Waals surface area contributed by atoms with Gasteiger partial charge in [0.05, 0.1) is 18.1 Å². The Morgan fingerprint density at radius 2 is 1.96 bits per heavy atom. The summed E-state index contributed by atoms with van der Waals surface area (Å²) in [6, 6.07) is 17.3. The molecule has 3 rings (SSSR count). The topological polar surface area (TPSA) is 58.4 Å². The minimum absolute atomic E-state index is 0.276. The van der Waals surface area contributed by atoms with Gasteiger partial charge in [-0.3, -0.25) is 4.79 Å². The van der Waals surface area contributed by atoms with E-state index in [1.807, 2.05) is 30.3 Å². The molecule has 0 unspecified atom stereocenters. The Labute approximate surface area is 140 Å². The largest absolute Gasteiger partial charge is 0.459 e. The van der Waals surface area contributed by atoms with E-state index >= 15 is 0 Å². The van der Waals surface area contributed by atoms with Crippen LogP contribution in [-0.2, 0) is 6.54 Å². The molecule has 1 aromatic carbocycles. The van der Waals surface area contributed by atoms with Crippen molar-refractivity contribution in [1.29, 1.82) is 0 Å². The predicted octanol–water partition coefficient (Wildman–Crippen LogP) is 3.95. The average molecular weight is 321 g/mol. The summed E-state index contributed by atoms with van der Waals surface area (Å²) in [6.07, 6.45) is 3.13. The second kappa shape index (κ2) is 7.46. The minimum Gasteiger partial charge on any atom is -0.459 e. The van der Waals surface area contributed by atoms with Crippen LogP contribution in [-0.4, -0.2) is 17.4 Å². The molecule has 5 nitrogen and oxygen atoms in total. The number of nitrogens with one attached hydrogen (secondary N) is 1. The smallest absolute Gasteiger partial charge is 0.291 e. The van der Waals surface area contributed by atoms with Crippen molar-refractivity contribution in [2.45, 2.75) is 13.5 Å². The van der Waals surface area contributed by atoms with Crippen molar-refractivity contribution in [3.63, 3.8) is 0 Å². The predicted molar refractivity (Wildman–Crippen MR) is 94.1 cm³/mol. The van der Waals surface area contributed by atoms with Crippen molar-refractivity contribution in [2.24, 2.45) is 0 Å². The van der Waals surface area contributed by atoms with Crippen LogP contribution in [0, 0.1) is 0 Å². The average Bonchev–Trinajstić information content (AvgIpc) is 3.16. The maximum absolute atomic E-state index is 11.9. The highest BCUT2D eigenvalue weighted by molar-refractivity contribution is 6.02. The summed E-state index contributed by atoms with van der Waals surface area (Å²) < 4.78 is 5.07. The number of rotatable bonds is 6. The number of hydrogen-bond acceptors (Lipinski definition) is 4. The highest BCUT2D eigenvalue weighted by Gasteiger charge is 2.10. The first-order valence-electron chi connectivity index (χ1n) is 7.86. The third kappa shape index (κ3) is 3.81. The minimum atomic E-state index is -0.286. The van der Waals surface area contributed by atoms with Crippen LogP contribution in [0.15, 0.2) is 71.5 Å². The molecule has 0 radical (unpaired) electrons. The molecule has 3 aromatic rings. The first kappa shape index (κ1) is 15.8. The van der Waals surface area contributed by atoms with Crippen molar-refractivity contribution < 1.29 is 9.21 Å². The molecule has 0 spiro atoms. The molecular weight excluding hydrogens is 302 g/mol. The number of aromatic nitrogens is 1. The molecule has 0 aliphatic carbocycles. The molecular formula is C19H19N3O2. The van der Waals surface area contributed by atoms with Crippen molar-refractivity contribution in [2.75, 3.05) is 16.8 Å². The second-order valence-electron chi connectivity index (χ2n) is 5.34. The summed E-state index contributed by atoms with van der Waals surface area (Å²) in [5.41, 5.74) is 1.87. The molecule has 2 aromatic heterocycles. The van der Waals surface area contributed by atoms with Crippen LogP contribution in [0.1, 0.15) is 23.0 Å². The van der Waals surface area contributed by atoms with Gasteiger partial charge in [-0.05, 0) is 36.8 Å². The Morgan fingerprint density at radius 3 is 2.58 bits per heavy atom. The molecule has 0 aliphatic heterocycles. The van der Waals surface area contributed by atoms with Crippen LogP contribution < -0.4 is 10.2 Å². The molecule has 1 N–H and O–H groups in total. The zero-order chi connectivity index (χ0) is 16.8. The summed E-state index contributed by atoms with van der Waals surface area (Å²) in [6.45, 7) is 3.74. The summed E-state index contributed by atoms with van der Waals surface area (Å²) >= 11 is 0. The Hall–Kier alpha value is -3.08. The van der Waals surface area contributed by atoms with Crippen molar-refractivity contribution >= 4 is 17.4 Å². The molecule has 24 heavy (non-hydrogen) atoms. The standard InChI is InChI=1S/C19H19N3O2/c1-2-22(14-15-7-4-3-5-8-15)18-11-10-16(13-20-18)21-19(23)17-9-6-12-24-17/h3-13H,2,14H2,1H3,(H,21,23). The van der Waals surface area contributed by atoms with Crippen molar-refractivity contribution in [3.8, 4) is 0 Å². The molecule has 0 saturated heterocycles. The lowest BCUT2D eigenvalue weighted by Crippen LogP contribution is -2.23. The van der Waals surface area contributed by atoms with Gasteiger partial charge in [-0.2, -0.15) is 0 Å². The third-order valence-corrected chi connectivity index (χ3v) is 3.67. The number of hydrogen-bond donors (Lipinski definition) is 1. The van der Waals surface area contributed by atoms with Gasteiger partial charge in [0.1, 0.15) is 5.82 Å². The Morgan fingerprint density at radius 1 is 1.12 bits per heavy atom. The van der Waals surface area contributed by atoms with E-state index in [0.29, 0.717) is 5.69 Å². The molecule has 2 heterocycles. The fourth-order valence-electron chi connectivity index (χ4n) is 2.41. The molecule has 0 fully saturated rings. The number of carbonyl (C=O) groups excluding carboxylic acids is 1. The maximum Gasteiger partial charge on any atom is 0.291 e. The van der Waals surface area contributed by atoms with Gasteiger partial charge in [-0.15, -0.1) is 0 Å². The van der Waals surface area contributed by atoms with E-state index in [4.69, 9.17) is 4.42 Å². The first-order chi connectivity index (χ1) is 11.8. The van der Waals surface area contributed by atoms with Crippen LogP contribution in [0.5, 0.6) is 0 Å². The van der Waals surface area contributed by atoms with Crippen molar-refractivity contribution in [1.82, 2.24) is 4.98 Å². The summed E-state index contributed by atoms with van der Waals surface area (Å²) in [5.74, 6) is 0.863. The van der Waals surface area contributed by atoms with Crippen LogP contribution in [0.4, 0.5) is 11.5 Å². The lowest BCUT2D eigenvalue weighted by atomic mass is 10.2. The van der Waals surface area contributed by atoms with Gasteiger partial charge >= 0.3 is 0 Å². The fourth-order valence-corrected chi connectivity index (χ4v) is 2.41. The number of amides is 1. The van der Waals surface area contributed by atoms with Gasteiger partial charge in [0.2, 0.25) is 0 Å². The number of pyridine rings is 1. The van der Waals surface area contributed by atoms with Crippen LogP contribution in [0.2, 0.25) is 0 Å². The monoisotopic (exact) mass is 321 g/mol. The summed E-state index contributed by atoms with van der Waals surface area (Å²) in [7, 11) is 0. The Bertz CT molecular complexity index is 768. The zero-order valence-electron chi connectivity index (χ0n) is 13.5. The van der Waals surface area contributed by atoms with E-state index in [0.717, 1.165) is 18.9 Å². The first-order valence-corrected chi connectivity index (χ1v) is 7.86. The summed E-state index contributed by atoms with van der Waals surface area (Å²) in [4.78, 5) is 18.6. The fraction of sp³-hybridized carbons (Fsp3) is 0.158. The summed E-state index contributed by atoms with van der Waals surface area (Å²) in [5, 5.41) is 2.76. The molecule has 1 amide bonds. The van der Waals surface area contributed by atoms with Crippen LogP contribution in [0.3, 0.4) is 0 Å². The van der Waals surface area contributed by atoms with Gasteiger partial charge in [0.25, 0.3) is 5.91 Å². The molecule has 122 valence electrons. The lowest BCUT2D eigenvalue weighted by molar-refractivity contribution is 0.0996. The lowest BCUT2D eigenvalue weighted by Gasteiger charge is -2.22. The highest BCUT2D eigenvalue weighted by atomic mass is 16.3.